The maximum Gasteiger partial charge on any atom is 0.323 e. The van der Waals surface area contributed by atoms with E-state index in [1.165, 1.54) is 0 Å². The molecule has 0 bridgehead atoms. The molecule has 17 heavy (non-hydrogen) atoms. The normalized spacial score (nSPS) is 13.9. The van der Waals surface area contributed by atoms with E-state index in [9.17, 15) is 9.90 Å². The lowest BCUT2D eigenvalue weighted by molar-refractivity contribution is -0.151. The Labute approximate surface area is 102 Å². The van der Waals surface area contributed by atoms with Crippen LogP contribution in [0.15, 0.2) is 22.8 Å². The van der Waals surface area contributed by atoms with Gasteiger partial charge in [0.05, 0.1) is 12.3 Å². The summed E-state index contributed by atoms with van der Waals surface area (Å²) in [6.45, 7) is 8.12. The van der Waals surface area contributed by atoms with Gasteiger partial charge in [-0.05, 0) is 38.9 Å². The summed E-state index contributed by atoms with van der Waals surface area (Å²) < 4.78 is 5.41. The zero-order valence-corrected chi connectivity index (χ0v) is 10.9. The maximum absolute atomic E-state index is 11.3. The first kappa shape index (κ1) is 13.8. The van der Waals surface area contributed by atoms with Crippen molar-refractivity contribution in [2.24, 2.45) is 0 Å². The molecule has 1 aromatic rings. The summed E-state index contributed by atoms with van der Waals surface area (Å²) in [5.41, 5.74) is -0.901. The number of carboxylic acids is 1. The first-order valence-electron chi connectivity index (χ1n) is 5.98. The fraction of sp³-hybridized carbons (Fsp3) is 0.615. The van der Waals surface area contributed by atoms with Crippen LogP contribution in [0.1, 0.15) is 45.9 Å². The third kappa shape index (κ3) is 2.69. The molecule has 4 heteroatoms. The van der Waals surface area contributed by atoms with E-state index in [4.69, 9.17) is 4.42 Å². The number of likely N-dealkylation sites (N-methyl/N-ethyl adjacent to an activating group) is 1. The number of hydrogen-bond acceptors (Lipinski definition) is 3. The van der Waals surface area contributed by atoms with E-state index in [-0.39, 0.29) is 6.04 Å². The predicted molar refractivity (Wildman–Crippen MR) is 65.8 cm³/mol. The Morgan fingerprint density at radius 3 is 2.53 bits per heavy atom. The number of carbonyl (C=O) groups is 1. The van der Waals surface area contributed by atoms with Crippen molar-refractivity contribution in [3.05, 3.63) is 24.2 Å². The molecule has 1 N–H and O–H groups in total. The first-order valence-corrected chi connectivity index (χ1v) is 5.98. The molecule has 0 aliphatic carbocycles. The van der Waals surface area contributed by atoms with Gasteiger partial charge in [-0.3, -0.25) is 9.69 Å². The molecule has 1 unspecified atom stereocenters. The molecular formula is C13H21NO3. The zero-order chi connectivity index (χ0) is 13.1. The Hall–Kier alpha value is -1.29. The summed E-state index contributed by atoms with van der Waals surface area (Å²) >= 11 is 0. The Bertz CT molecular complexity index is 357. The minimum absolute atomic E-state index is 0.00102. The Morgan fingerprint density at radius 2 is 2.18 bits per heavy atom. The van der Waals surface area contributed by atoms with E-state index in [0.717, 1.165) is 12.2 Å². The average Bonchev–Trinajstić information content (AvgIpc) is 2.78. The molecule has 0 saturated heterocycles. The van der Waals surface area contributed by atoms with Crippen LogP contribution >= 0.6 is 0 Å². The molecule has 1 rings (SSSR count). The van der Waals surface area contributed by atoms with E-state index < -0.39 is 11.5 Å². The number of furan rings is 1. The van der Waals surface area contributed by atoms with Gasteiger partial charge in [-0.2, -0.15) is 0 Å². The fourth-order valence-corrected chi connectivity index (χ4v) is 2.18. The molecule has 0 spiro atoms. The second kappa shape index (κ2) is 5.36. The van der Waals surface area contributed by atoms with Gasteiger partial charge in [0, 0.05) is 0 Å². The van der Waals surface area contributed by atoms with Crippen molar-refractivity contribution in [3.8, 4) is 0 Å². The molecular weight excluding hydrogens is 218 g/mol. The van der Waals surface area contributed by atoms with Gasteiger partial charge in [-0.25, -0.2) is 0 Å². The first-order chi connectivity index (χ1) is 7.95. The van der Waals surface area contributed by atoms with Crippen LogP contribution in [0.3, 0.4) is 0 Å². The van der Waals surface area contributed by atoms with Crippen LogP contribution in [0.4, 0.5) is 0 Å². The van der Waals surface area contributed by atoms with Crippen molar-refractivity contribution in [1.82, 2.24) is 4.90 Å². The predicted octanol–water partition coefficient (Wildman–Crippen LogP) is 2.92. The zero-order valence-electron chi connectivity index (χ0n) is 10.9. The monoisotopic (exact) mass is 239 g/mol. The smallest absolute Gasteiger partial charge is 0.323 e. The van der Waals surface area contributed by atoms with Gasteiger partial charge >= 0.3 is 5.97 Å². The Kier molecular flexibility index (Phi) is 4.34. The van der Waals surface area contributed by atoms with Crippen LogP contribution in [-0.4, -0.2) is 28.1 Å². The second-order valence-corrected chi connectivity index (χ2v) is 4.59. The fourth-order valence-electron chi connectivity index (χ4n) is 2.18. The molecule has 0 aromatic carbocycles. The summed E-state index contributed by atoms with van der Waals surface area (Å²) in [5, 5.41) is 9.31. The van der Waals surface area contributed by atoms with Gasteiger partial charge in [-0.15, -0.1) is 0 Å². The van der Waals surface area contributed by atoms with Crippen LogP contribution in [-0.2, 0) is 4.79 Å². The van der Waals surface area contributed by atoms with Crippen molar-refractivity contribution in [3.63, 3.8) is 0 Å². The summed E-state index contributed by atoms with van der Waals surface area (Å²) in [6, 6.07) is 3.73. The Balaban J connectivity index is 3.04. The van der Waals surface area contributed by atoms with Crippen LogP contribution < -0.4 is 0 Å². The van der Waals surface area contributed by atoms with Crippen LogP contribution in [0.5, 0.6) is 0 Å². The molecule has 0 aliphatic rings. The van der Waals surface area contributed by atoms with Crippen LogP contribution in [0, 0.1) is 0 Å². The second-order valence-electron chi connectivity index (χ2n) is 4.59. The minimum atomic E-state index is -0.901. The number of carboxylic acid groups (broad SMARTS) is 1. The summed E-state index contributed by atoms with van der Waals surface area (Å²) in [4.78, 5) is 13.3. The van der Waals surface area contributed by atoms with Crippen molar-refractivity contribution in [2.45, 2.75) is 45.7 Å². The lowest BCUT2D eigenvalue weighted by Crippen LogP contribution is -2.51. The highest BCUT2D eigenvalue weighted by Gasteiger charge is 2.38. The van der Waals surface area contributed by atoms with E-state index in [2.05, 4.69) is 0 Å². The Morgan fingerprint density at radius 1 is 1.53 bits per heavy atom. The van der Waals surface area contributed by atoms with E-state index in [0.29, 0.717) is 6.54 Å². The van der Waals surface area contributed by atoms with Gasteiger partial charge in [0.2, 0.25) is 0 Å². The molecule has 1 atom stereocenters. The quantitative estimate of drug-likeness (QED) is 0.829. The summed E-state index contributed by atoms with van der Waals surface area (Å²) in [7, 11) is 0. The maximum atomic E-state index is 11.3. The highest BCUT2D eigenvalue weighted by Crippen LogP contribution is 2.31. The lowest BCUT2D eigenvalue weighted by Gasteiger charge is -2.39. The summed E-state index contributed by atoms with van der Waals surface area (Å²) in [6.07, 6.45) is 2.44. The molecule has 4 nitrogen and oxygen atoms in total. The molecule has 0 saturated carbocycles. The van der Waals surface area contributed by atoms with Gasteiger partial charge in [0.1, 0.15) is 11.3 Å². The molecule has 0 aliphatic heterocycles. The SMILES string of the molecule is CCC(c1ccco1)N(CC)C(C)(C)C(=O)O. The molecule has 1 heterocycles. The molecule has 1 aromatic heterocycles. The van der Waals surface area contributed by atoms with Gasteiger partial charge in [0.25, 0.3) is 0 Å². The molecule has 0 amide bonds. The van der Waals surface area contributed by atoms with Crippen LogP contribution in [0.25, 0.3) is 0 Å². The van der Waals surface area contributed by atoms with Gasteiger partial charge in [0.15, 0.2) is 0 Å². The third-order valence-electron chi connectivity index (χ3n) is 3.22. The van der Waals surface area contributed by atoms with Crippen molar-refractivity contribution in [2.75, 3.05) is 6.54 Å². The van der Waals surface area contributed by atoms with E-state index >= 15 is 0 Å². The van der Waals surface area contributed by atoms with Gasteiger partial charge < -0.3 is 9.52 Å². The van der Waals surface area contributed by atoms with Gasteiger partial charge in [-0.1, -0.05) is 13.8 Å². The van der Waals surface area contributed by atoms with Crippen LogP contribution in [0.2, 0.25) is 0 Å². The van der Waals surface area contributed by atoms with Crippen molar-refractivity contribution < 1.29 is 14.3 Å². The largest absolute Gasteiger partial charge is 0.480 e. The van der Waals surface area contributed by atoms with Crippen molar-refractivity contribution in [1.29, 1.82) is 0 Å². The van der Waals surface area contributed by atoms with E-state index in [1.807, 2.05) is 30.9 Å². The molecule has 0 radical (unpaired) electrons. The highest BCUT2D eigenvalue weighted by atomic mass is 16.4. The summed E-state index contributed by atoms with van der Waals surface area (Å²) in [5.74, 6) is 0.00744. The number of nitrogens with zero attached hydrogens (tertiary/aromatic N) is 1. The lowest BCUT2D eigenvalue weighted by atomic mass is 9.98. The number of aliphatic carboxylic acids is 1. The van der Waals surface area contributed by atoms with Crippen molar-refractivity contribution >= 4 is 5.97 Å². The number of rotatable bonds is 6. The van der Waals surface area contributed by atoms with E-state index in [1.54, 1.807) is 20.1 Å². The highest BCUT2D eigenvalue weighted by molar-refractivity contribution is 5.77. The molecule has 96 valence electrons. The topological polar surface area (TPSA) is 53.7 Å². The minimum Gasteiger partial charge on any atom is -0.480 e. The average molecular weight is 239 g/mol. The number of hydrogen-bond donors (Lipinski definition) is 1. The molecule has 0 fully saturated rings. The third-order valence-corrected chi connectivity index (χ3v) is 3.22. The standard InChI is InChI=1S/C13H21NO3/c1-5-10(11-8-7-9-17-11)14(6-2)13(3,4)12(15)16/h7-10H,5-6H2,1-4H3,(H,15,16).